The second-order valence-corrected chi connectivity index (χ2v) is 5.88. The molecule has 0 saturated heterocycles. The van der Waals surface area contributed by atoms with Crippen LogP contribution in [0.4, 0.5) is 4.39 Å². The van der Waals surface area contributed by atoms with Crippen LogP contribution in [-0.2, 0) is 0 Å². The summed E-state index contributed by atoms with van der Waals surface area (Å²) in [6.07, 6.45) is -0.965. The van der Waals surface area contributed by atoms with Crippen molar-refractivity contribution in [2.45, 2.75) is 31.3 Å². The predicted octanol–water partition coefficient (Wildman–Crippen LogP) is 4.18. The quantitative estimate of drug-likeness (QED) is 0.685. The fraction of sp³-hybridized carbons (Fsp3) is 0.455. The molecule has 0 aromatic heterocycles. The highest BCUT2D eigenvalue weighted by Gasteiger charge is 2.27. The molecule has 1 unspecified atom stereocenters. The molecule has 0 spiro atoms. The molecule has 0 aliphatic carbocycles. The molecule has 1 aromatic rings. The third-order valence-electron chi connectivity index (χ3n) is 1.97. The van der Waals surface area contributed by atoms with Crippen molar-refractivity contribution in [3.63, 3.8) is 0 Å². The van der Waals surface area contributed by atoms with Gasteiger partial charge in [0.1, 0.15) is 6.17 Å². The van der Waals surface area contributed by atoms with E-state index in [0.29, 0.717) is 0 Å². The monoisotopic (exact) mass is 244 g/mol. The van der Waals surface area contributed by atoms with Crippen LogP contribution < -0.4 is 0 Å². The molecule has 0 aliphatic heterocycles. The van der Waals surface area contributed by atoms with Crippen LogP contribution in [0.25, 0.3) is 0 Å². The van der Waals surface area contributed by atoms with Crippen molar-refractivity contribution in [3.8, 4) is 0 Å². The summed E-state index contributed by atoms with van der Waals surface area (Å²) < 4.78 is 13.2. The Morgan fingerprint density at radius 3 is 2.08 bits per heavy atom. The second-order valence-electron chi connectivity index (χ2n) is 3.84. The van der Waals surface area contributed by atoms with Crippen LogP contribution in [0.5, 0.6) is 0 Å². The van der Waals surface area contributed by atoms with E-state index in [1.54, 1.807) is 0 Å². The van der Waals surface area contributed by atoms with Gasteiger partial charge in [-0.05, 0) is 26.3 Å². The number of benzene rings is 1. The highest BCUT2D eigenvalue weighted by atomic mass is 79.9. The van der Waals surface area contributed by atoms with E-state index in [9.17, 15) is 4.39 Å². The molecule has 72 valence electrons. The lowest BCUT2D eigenvalue weighted by atomic mass is 9.99. The zero-order valence-electron chi connectivity index (χ0n) is 8.14. The first-order valence-corrected chi connectivity index (χ1v) is 5.10. The van der Waals surface area contributed by atoms with Gasteiger partial charge in [0.25, 0.3) is 0 Å². The molecule has 0 saturated carbocycles. The molecule has 0 N–H and O–H groups in total. The van der Waals surface area contributed by atoms with E-state index in [2.05, 4.69) is 15.9 Å². The van der Waals surface area contributed by atoms with E-state index in [-0.39, 0.29) is 0 Å². The van der Waals surface area contributed by atoms with Crippen LogP contribution in [0.3, 0.4) is 0 Å². The van der Waals surface area contributed by atoms with Crippen molar-refractivity contribution in [2.24, 2.45) is 0 Å². The Kier molecular flexibility index (Phi) is 3.12. The van der Waals surface area contributed by atoms with Crippen molar-refractivity contribution >= 4 is 15.9 Å². The average molecular weight is 245 g/mol. The summed E-state index contributed by atoms with van der Waals surface area (Å²) in [7, 11) is 0. The lowest BCUT2D eigenvalue weighted by Gasteiger charge is -2.21. The molecule has 0 heterocycles. The minimum absolute atomic E-state index is 0.498. The first-order valence-electron chi connectivity index (χ1n) is 4.31. The summed E-state index contributed by atoms with van der Waals surface area (Å²) in [5, 5.41) is 0. The summed E-state index contributed by atoms with van der Waals surface area (Å²) >= 11 is 3.32. The van der Waals surface area contributed by atoms with Gasteiger partial charge in [-0.2, -0.15) is 0 Å². The molecular weight excluding hydrogens is 231 g/mol. The van der Waals surface area contributed by atoms with Crippen LogP contribution >= 0.6 is 15.9 Å². The molecule has 1 rings (SSSR count). The number of hydrogen-bond donors (Lipinski definition) is 0. The van der Waals surface area contributed by atoms with Crippen molar-refractivity contribution in [2.75, 3.05) is 0 Å². The largest absolute Gasteiger partial charge is 0.241 e. The number of halogens is 2. The molecule has 1 aromatic carbocycles. The van der Waals surface area contributed by atoms with Gasteiger partial charge in [-0.3, -0.25) is 0 Å². The lowest BCUT2D eigenvalue weighted by Crippen LogP contribution is -2.17. The molecule has 2 heteroatoms. The van der Waals surface area contributed by atoms with E-state index in [1.807, 2.05) is 45.0 Å². The molecule has 0 aliphatic rings. The van der Waals surface area contributed by atoms with Crippen LogP contribution in [0.2, 0.25) is 0 Å². The number of alkyl halides is 2. The normalized spacial score (nSPS) is 14.2. The lowest BCUT2D eigenvalue weighted by molar-refractivity contribution is 0.291. The summed E-state index contributed by atoms with van der Waals surface area (Å²) in [5.74, 6) is 0. The zero-order chi connectivity index (χ0) is 10.1. The summed E-state index contributed by atoms with van der Waals surface area (Å²) in [6.45, 7) is 5.66. The minimum Gasteiger partial charge on any atom is -0.241 e. The maximum atomic E-state index is 13.7. The molecule has 0 fully saturated rings. The van der Waals surface area contributed by atoms with E-state index in [0.717, 1.165) is 11.1 Å². The van der Waals surface area contributed by atoms with Gasteiger partial charge in [0, 0.05) is 0 Å². The first-order chi connectivity index (χ1) is 5.91. The van der Waals surface area contributed by atoms with Crippen molar-refractivity contribution in [1.82, 2.24) is 0 Å². The van der Waals surface area contributed by atoms with Gasteiger partial charge < -0.3 is 0 Å². The molecule has 0 nitrogen and oxygen atoms in total. The Morgan fingerprint density at radius 2 is 1.69 bits per heavy atom. The fourth-order valence-corrected chi connectivity index (χ4v) is 1.40. The van der Waals surface area contributed by atoms with E-state index in [4.69, 9.17) is 0 Å². The number of rotatable bonds is 2. The number of aryl methyl sites for hydroxylation is 1. The van der Waals surface area contributed by atoms with Gasteiger partial charge >= 0.3 is 0 Å². The Bertz CT molecular complexity index is 271. The molecular formula is C11H14BrF. The van der Waals surface area contributed by atoms with Crippen LogP contribution in [-0.4, -0.2) is 4.32 Å². The standard InChI is InChI=1S/C11H14BrF/c1-8-4-6-9(7-5-8)10(13)11(2,3)12/h4-7,10H,1-3H3. The van der Waals surface area contributed by atoms with Gasteiger partial charge in [-0.1, -0.05) is 45.8 Å². The zero-order valence-corrected chi connectivity index (χ0v) is 9.73. The van der Waals surface area contributed by atoms with Crippen LogP contribution in [0.15, 0.2) is 24.3 Å². The Balaban J connectivity index is 2.90. The van der Waals surface area contributed by atoms with Gasteiger partial charge in [-0.15, -0.1) is 0 Å². The SMILES string of the molecule is Cc1ccc(C(F)C(C)(C)Br)cc1. The van der Waals surface area contributed by atoms with E-state index < -0.39 is 10.5 Å². The molecule has 0 amide bonds. The smallest absolute Gasteiger partial charge is 0.140 e. The fourth-order valence-electron chi connectivity index (χ4n) is 1.13. The third kappa shape index (κ3) is 2.80. The van der Waals surface area contributed by atoms with Crippen molar-refractivity contribution in [3.05, 3.63) is 35.4 Å². The maximum Gasteiger partial charge on any atom is 0.140 e. The van der Waals surface area contributed by atoms with Crippen molar-refractivity contribution in [1.29, 1.82) is 0 Å². The third-order valence-corrected chi connectivity index (χ3v) is 2.37. The summed E-state index contributed by atoms with van der Waals surface area (Å²) in [5.41, 5.74) is 1.89. The van der Waals surface area contributed by atoms with Gasteiger partial charge in [0.2, 0.25) is 0 Å². The molecule has 1 atom stereocenters. The van der Waals surface area contributed by atoms with Crippen LogP contribution in [0, 0.1) is 6.92 Å². The highest BCUT2D eigenvalue weighted by Crippen LogP contribution is 2.36. The van der Waals surface area contributed by atoms with Gasteiger partial charge in [0.05, 0.1) is 4.32 Å². The van der Waals surface area contributed by atoms with Gasteiger partial charge in [-0.25, -0.2) is 4.39 Å². The van der Waals surface area contributed by atoms with E-state index in [1.165, 1.54) is 0 Å². The van der Waals surface area contributed by atoms with E-state index >= 15 is 0 Å². The average Bonchev–Trinajstić information content (AvgIpc) is 2.03. The highest BCUT2D eigenvalue weighted by molar-refractivity contribution is 9.10. The Hall–Kier alpha value is -0.370. The summed E-state index contributed by atoms with van der Waals surface area (Å²) in [6, 6.07) is 7.54. The molecule has 0 bridgehead atoms. The second kappa shape index (κ2) is 3.79. The Labute approximate surface area is 87.3 Å². The molecule has 0 radical (unpaired) electrons. The summed E-state index contributed by atoms with van der Waals surface area (Å²) in [4.78, 5) is 0. The molecule has 13 heavy (non-hydrogen) atoms. The Morgan fingerprint density at radius 1 is 1.23 bits per heavy atom. The predicted molar refractivity (Wildman–Crippen MR) is 58.0 cm³/mol. The first kappa shape index (κ1) is 10.7. The number of hydrogen-bond acceptors (Lipinski definition) is 0. The maximum absolute atomic E-state index is 13.7. The van der Waals surface area contributed by atoms with Gasteiger partial charge in [0.15, 0.2) is 0 Å². The minimum atomic E-state index is -0.965. The van der Waals surface area contributed by atoms with Crippen molar-refractivity contribution < 1.29 is 4.39 Å². The van der Waals surface area contributed by atoms with Crippen LogP contribution in [0.1, 0.15) is 31.1 Å². The topological polar surface area (TPSA) is 0 Å².